The summed E-state index contributed by atoms with van der Waals surface area (Å²) in [6.45, 7) is 4.64. The zero-order valence-electron chi connectivity index (χ0n) is 15.0. The summed E-state index contributed by atoms with van der Waals surface area (Å²) >= 11 is 0. The molecule has 0 saturated heterocycles. The predicted molar refractivity (Wildman–Crippen MR) is 94.4 cm³/mol. The fraction of sp³-hybridized carbons (Fsp3) is 0.316. The van der Waals surface area contributed by atoms with Crippen LogP contribution in [0, 0.1) is 32.1 Å². The highest BCUT2D eigenvalue weighted by molar-refractivity contribution is 5.91. The third-order valence-corrected chi connectivity index (χ3v) is 4.35. The van der Waals surface area contributed by atoms with Crippen LogP contribution in [0.1, 0.15) is 39.9 Å². The average molecular weight is 377 g/mol. The molecule has 0 aliphatic rings. The second-order valence-corrected chi connectivity index (χ2v) is 6.25. The molecule has 2 N–H and O–H groups in total. The summed E-state index contributed by atoms with van der Waals surface area (Å²) in [6, 6.07) is 5.44. The van der Waals surface area contributed by atoms with Crippen molar-refractivity contribution >= 4 is 11.6 Å². The third-order valence-electron chi connectivity index (χ3n) is 4.35. The maximum Gasteiger partial charge on any atom is 0.416 e. The van der Waals surface area contributed by atoms with Crippen molar-refractivity contribution in [2.75, 3.05) is 5.32 Å². The molecule has 1 aromatic carbocycles. The normalized spacial score (nSPS) is 11.1. The number of hydrogen-bond acceptors (Lipinski definition) is 3. The van der Waals surface area contributed by atoms with Gasteiger partial charge < -0.3 is 10.3 Å². The first kappa shape index (κ1) is 20.2. The van der Waals surface area contributed by atoms with Gasteiger partial charge in [0.05, 0.1) is 5.56 Å². The van der Waals surface area contributed by atoms with Crippen LogP contribution in [0.4, 0.5) is 18.9 Å². The standard InChI is InChI=1S/C19H18F3N3O2/c1-10-4-5-13(8-16(10)19(20,21)22)25-17(26)7-6-14-11(2)15(9-23)18(27)24-12(14)3/h4-5,8H,6-7H2,1-3H3,(H,24,27)(H,25,26). The van der Waals surface area contributed by atoms with Crippen LogP contribution in [0.15, 0.2) is 23.0 Å². The van der Waals surface area contributed by atoms with E-state index >= 15 is 0 Å². The molecular formula is C19H18F3N3O2. The Kier molecular flexibility index (Phi) is 5.74. The Morgan fingerprint density at radius 2 is 1.93 bits per heavy atom. The molecule has 0 fully saturated rings. The molecule has 2 rings (SSSR count). The quantitative estimate of drug-likeness (QED) is 0.851. The van der Waals surface area contributed by atoms with Gasteiger partial charge in [-0.1, -0.05) is 6.07 Å². The van der Waals surface area contributed by atoms with Crippen molar-refractivity contribution in [3.63, 3.8) is 0 Å². The van der Waals surface area contributed by atoms with Crippen LogP contribution in [-0.2, 0) is 17.4 Å². The molecule has 1 amide bonds. The summed E-state index contributed by atoms with van der Waals surface area (Å²) in [5, 5.41) is 11.5. The lowest BCUT2D eigenvalue weighted by Gasteiger charge is -2.13. The largest absolute Gasteiger partial charge is 0.416 e. The van der Waals surface area contributed by atoms with Crippen molar-refractivity contribution in [3.8, 4) is 6.07 Å². The number of alkyl halides is 3. The Bertz CT molecular complexity index is 985. The van der Waals surface area contributed by atoms with Gasteiger partial charge in [-0.15, -0.1) is 0 Å². The zero-order valence-corrected chi connectivity index (χ0v) is 15.0. The monoisotopic (exact) mass is 377 g/mol. The lowest BCUT2D eigenvalue weighted by molar-refractivity contribution is -0.138. The molecule has 1 aromatic heterocycles. The van der Waals surface area contributed by atoms with Gasteiger partial charge in [0, 0.05) is 17.8 Å². The van der Waals surface area contributed by atoms with Crippen LogP contribution in [0.2, 0.25) is 0 Å². The van der Waals surface area contributed by atoms with Gasteiger partial charge in [0.25, 0.3) is 5.56 Å². The number of nitrogens with zero attached hydrogens (tertiary/aromatic N) is 1. The first-order valence-electron chi connectivity index (χ1n) is 8.14. The van der Waals surface area contributed by atoms with Crippen LogP contribution in [-0.4, -0.2) is 10.9 Å². The predicted octanol–water partition coefficient (Wildman–Crippen LogP) is 3.76. The second-order valence-electron chi connectivity index (χ2n) is 6.25. The van der Waals surface area contributed by atoms with Crippen molar-refractivity contribution in [2.45, 2.75) is 39.8 Å². The molecule has 27 heavy (non-hydrogen) atoms. The van der Waals surface area contributed by atoms with Crippen molar-refractivity contribution < 1.29 is 18.0 Å². The molecule has 1 heterocycles. The number of carbonyl (C=O) groups is 1. The topological polar surface area (TPSA) is 85.8 Å². The summed E-state index contributed by atoms with van der Waals surface area (Å²) in [5.74, 6) is -0.463. The number of aromatic nitrogens is 1. The first-order valence-corrected chi connectivity index (χ1v) is 8.14. The van der Waals surface area contributed by atoms with Gasteiger partial charge in [-0.25, -0.2) is 0 Å². The molecule has 0 radical (unpaired) electrons. The van der Waals surface area contributed by atoms with Gasteiger partial charge in [0.2, 0.25) is 5.91 Å². The Labute approximate surface area is 153 Å². The molecule has 0 spiro atoms. The molecule has 0 atom stereocenters. The Balaban J connectivity index is 2.15. The number of aromatic amines is 1. The van der Waals surface area contributed by atoms with Crippen LogP contribution in [0.25, 0.3) is 0 Å². The molecule has 8 heteroatoms. The number of benzene rings is 1. The van der Waals surface area contributed by atoms with E-state index in [0.717, 1.165) is 6.07 Å². The summed E-state index contributed by atoms with van der Waals surface area (Å²) in [4.78, 5) is 26.4. The van der Waals surface area contributed by atoms with Gasteiger partial charge in [-0.2, -0.15) is 18.4 Å². The average Bonchev–Trinajstić information content (AvgIpc) is 2.55. The number of carbonyl (C=O) groups excluding carboxylic acids is 1. The lowest BCUT2D eigenvalue weighted by atomic mass is 9.99. The van der Waals surface area contributed by atoms with Gasteiger partial charge >= 0.3 is 6.18 Å². The maximum absolute atomic E-state index is 13.0. The highest BCUT2D eigenvalue weighted by Crippen LogP contribution is 2.33. The molecule has 2 aromatic rings. The SMILES string of the molecule is Cc1ccc(NC(=O)CCc2c(C)[nH]c(=O)c(C#N)c2C)cc1C(F)(F)F. The van der Waals surface area contributed by atoms with Gasteiger partial charge in [0.1, 0.15) is 11.6 Å². The van der Waals surface area contributed by atoms with E-state index in [1.165, 1.54) is 19.1 Å². The summed E-state index contributed by atoms with van der Waals surface area (Å²) in [5.41, 5.74) is 0.562. The van der Waals surface area contributed by atoms with E-state index in [9.17, 15) is 22.8 Å². The fourth-order valence-electron chi connectivity index (χ4n) is 2.89. The minimum absolute atomic E-state index is 0.00613. The molecule has 0 bridgehead atoms. The number of H-pyrrole nitrogens is 1. The lowest BCUT2D eigenvalue weighted by Crippen LogP contribution is -2.18. The highest BCUT2D eigenvalue weighted by atomic mass is 19.4. The van der Waals surface area contributed by atoms with Crippen LogP contribution < -0.4 is 10.9 Å². The van der Waals surface area contributed by atoms with E-state index in [-0.39, 0.29) is 29.7 Å². The smallest absolute Gasteiger partial charge is 0.326 e. The number of hydrogen-bond donors (Lipinski definition) is 2. The third kappa shape index (κ3) is 4.56. The molecule has 0 aliphatic carbocycles. The van der Waals surface area contributed by atoms with E-state index < -0.39 is 23.2 Å². The molecule has 0 aliphatic heterocycles. The molecule has 0 unspecified atom stereocenters. The summed E-state index contributed by atoms with van der Waals surface area (Å²) in [7, 11) is 0. The Morgan fingerprint density at radius 3 is 2.52 bits per heavy atom. The number of anilines is 1. The summed E-state index contributed by atoms with van der Waals surface area (Å²) in [6.07, 6.45) is -4.26. The van der Waals surface area contributed by atoms with E-state index in [4.69, 9.17) is 5.26 Å². The minimum Gasteiger partial charge on any atom is -0.326 e. The van der Waals surface area contributed by atoms with E-state index in [1.807, 2.05) is 6.07 Å². The minimum atomic E-state index is -4.50. The first-order chi connectivity index (χ1) is 12.5. The van der Waals surface area contributed by atoms with Crippen molar-refractivity contribution in [1.29, 1.82) is 5.26 Å². The highest BCUT2D eigenvalue weighted by Gasteiger charge is 2.32. The maximum atomic E-state index is 13.0. The Hall–Kier alpha value is -3.08. The van der Waals surface area contributed by atoms with Gasteiger partial charge in [-0.05, 0) is 56.0 Å². The fourth-order valence-corrected chi connectivity index (χ4v) is 2.89. The summed E-state index contributed by atoms with van der Waals surface area (Å²) < 4.78 is 38.9. The van der Waals surface area contributed by atoms with Crippen molar-refractivity contribution in [2.24, 2.45) is 0 Å². The number of nitriles is 1. The van der Waals surface area contributed by atoms with Crippen LogP contribution >= 0.6 is 0 Å². The van der Waals surface area contributed by atoms with Crippen molar-refractivity contribution in [1.82, 2.24) is 4.98 Å². The number of halogens is 3. The van der Waals surface area contributed by atoms with Gasteiger partial charge in [0.15, 0.2) is 0 Å². The number of aryl methyl sites for hydroxylation is 2. The van der Waals surface area contributed by atoms with E-state index in [0.29, 0.717) is 16.8 Å². The molecule has 0 saturated carbocycles. The Morgan fingerprint density at radius 1 is 1.26 bits per heavy atom. The van der Waals surface area contributed by atoms with Crippen LogP contribution in [0.3, 0.4) is 0 Å². The number of amides is 1. The molecule has 142 valence electrons. The van der Waals surface area contributed by atoms with Gasteiger partial charge in [-0.3, -0.25) is 9.59 Å². The zero-order chi connectivity index (χ0) is 20.4. The molecule has 5 nitrogen and oxygen atoms in total. The van der Waals surface area contributed by atoms with E-state index in [1.54, 1.807) is 13.8 Å². The van der Waals surface area contributed by atoms with Crippen molar-refractivity contribution in [3.05, 3.63) is 62.1 Å². The second kappa shape index (κ2) is 7.66. The molecular weight excluding hydrogens is 359 g/mol. The number of pyridine rings is 1. The van der Waals surface area contributed by atoms with E-state index in [2.05, 4.69) is 10.3 Å². The number of nitrogens with one attached hydrogen (secondary N) is 2. The van der Waals surface area contributed by atoms with Crippen LogP contribution in [0.5, 0.6) is 0 Å². The number of rotatable bonds is 4.